The first kappa shape index (κ1) is 22.1. The minimum absolute atomic E-state index is 0.0158. The number of hydrogen-bond donors (Lipinski definition) is 2. The van der Waals surface area contributed by atoms with Crippen LogP contribution >= 0.6 is 0 Å². The number of carbonyl (C=O) groups excluding carboxylic acids is 1. The third-order valence-corrected chi connectivity index (χ3v) is 5.36. The summed E-state index contributed by atoms with van der Waals surface area (Å²) in [4.78, 5) is 12.8. The molecule has 5 heteroatoms. The first-order chi connectivity index (χ1) is 14.7. The van der Waals surface area contributed by atoms with E-state index in [2.05, 4.69) is 17.4 Å². The molecule has 30 heavy (non-hydrogen) atoms. The number of aliphatic hydroxyl groups is 1. The predicted molar refractivity (Wildman–Crippen MR) is 117 cm³/mol. The number of amides is 1. The van der Waals surface area contributed by atoms with Crippen LogP contribution < -0.4 is 5.32 Å². The van der Waals surface area contributed by atoms with Gasteiger partial charge in [-0.3, -0.25) is 4.79 Å². The Kier molecular flexibility index (Phi) is 8.48. The molecule has 1 amide bonds. The van der Waals surface area contributed by atoms with Gasteiger partial charge in [0.1, 0.15) is 0 Å². The Bertz CT molecular complexity index is 806. The Morgan fingerprint density at radius 2 is 1.80 bits per heavy atom. The maximum Gasteiger partial charge on any atom is 0.286 e. The van der Waals surface area contributed by atoms with Gasteiger partial charge in [0.15, 0.2) is 5.76 Å². The molecular weight excluding hydrogens is 378 g/mol. The maximum atomic E-state index is 12.8. The molecule has 0 fully saturated rings. The van der Waals surface area contributed by atoms with Gasteiger partial charge in [-0.1, -0.05) is 60.7 Å². The van der Waals surface area contributed by atoms with Gasteiger partial charge in [0.25, 0.3) is 5.91 Å². The Morgan fingerprint density at radius 1 is 1.10 bits per heavy atom. The molecule has 0 radical (unpaired) electrons. The van der Waals surface area contributed by atoms with Gasteiger partial charge in [0.2, 0.25) is 6.29 Å². The first-order valence-corrected chi connectivity index (χ1v) is 10.7. The van der Waals surface area contributed by atoms with Crippen LogP contribution in [0.5, 0.6) is 0 Å². The zero-order chi connectivity index (χ0) is 21.2. The van der Waals surface area contributed by atoms with E-state index < -0.39 is 6.29 Å². The predicted octanol–water partition coefficient (Wildman–Crippen LogP) is 3.79. The lowest BCUT2D eigenvalue weighted by Gasteiger charge is -2.37. The second kappa shape index (κ2) is 11.5. The van der Waals surface area contributed by atoms with Gasteiger partial charge < -0.3 is 19.9 Å². The molecule has 2 N–H and O–H groups in total. The molecule has 0 aliphatic carbocycles. The van der Waals surface area contributed by atoms with Crippen LogP contribution in [0.2, 0.25) is 0 Å². The summed E-state index contributed by atoms with van der Waals surface area (Å²) in [7, 11) is 0. The third-order valence-electron chi connectivity index (χ3n) is 5.36. The molecule has 1 aliphatic heterocycles. The molecule has 160 valence electrons. The van der Waals surface area contributed by atoms with Crippen LogP contribution in [0.15, 0.2) is 72.5 Å². The molecule has 3 rings (SSSR count). The van der Waals surface area contributed by atoms with Crippen molar-refractivity contribution in [1.82, 2.24) is 5.32 Å². The standard InChI is InChI=1S/C25H31NO4/c1-2-29-25-21(14-9-17-27)22(20-12-7-4-8-13-20)18-23(30-25)24(28)26-16-15-19-10-5-3-6-11-19/h3-8,10-13,18,21-22,25,27H,2,9,14-17H2,1H3,(H,26,28)/t21-,22+,25+/m0/s1. The van der Waals surface area contributed by atoms with Gasteiger partial charge in [0, 0.05) is 31.6 Å². The van der Waals surface area contributed by atoms with Gasteiger partial charge >= 0.3 is 0 Å². The topological polar surface area (TPSA) is 67.8 Å². The summed E-state index contributed by atoms with van der Waals surface area (Å²) >= 11 is 0. The number of ether oxygens (including phenoxy) is 2. The van der Waals surface area contributed by atoms with E-state index in [1.54, 1.807) is 0 Å². The van der Waals surface area contributed by atoms with Crippen molar-refractivity contribution in [2.45, 2.75) is 38.4 Å². The molecular formula is C25H31NO4. The Hall–Kier alpha value is -2.63. The lowest BCUT2D eigenvalue weighted by Crippen LogP contribution is -2.39. The summed E-state index contributed by atoms with van der Waals surface area (Å²) in [5, 5.41) is 12.3. The largest absolute Gasteiger partial charge is 0.459 e. The van der Waals surface area contributed by atoms with Crippen molar-refractivity contribution in [3.63, 3.8) is 0 Å². The van der Waals surface area contributed by atoms with Crippen LogP contribution in [0.25, 0.3) is 0 Å². The summed E-state index contributed by atoms with van der Waals surface area (Å²) in [6.07, 6.45) is 3.56. The summed E-state index contributed by atoms with van der Waals surface area (Å²) in [5.74, 6) is 0.0890. The van der Waals surface area contributed by atoms with Crippen LogP contribution in [0.4, 0.5) is 0 Å². The molecule has 0 bridgehead atoms. The third kappa shape index (κ3) is 5.94. The highest BCUT2D eigenvalue weighted by Crippen LogP contribution is 2.39. The summed E-state index contributed by atoms with van der Waals surface area (Å²) < 4.78 is 11.9. The second-order valence-electron chi connectivity index (χ2n) is 7.43. The molecule has 0 unspecified atom stereocenters. The van der Waals surface area contributed by atoms with E-state index >= 15 is 0 Å². The van der Waals surface area contributed by atoms with Crippen LogP contribution in [-0.4, -0.2) is 37.1 Å². The molecule has 0 aromatic heterocycles. The fourth-order valence-electron chi connectivity index (χ4n) is 3.87. The van der Waals surface area contributed by atoms with Crippen molar-refractivity contribution in [1.29, 1.82) is 0 Å². The number of nitrogens with one attached hydrogen (secondary N) is 1. The number of benzene rings is 2. The average molecular weight is 410 g/mol. The van der Waals surface area contributed by atoms with E-state index in [9.17, 15) is 9.90 Å². The highest BCUT2D eigenvalue weighted by Gasteiger charge is 2.37. The minimum atomic E-state index is -0.522. The molecule has 1 aliphatic rings. The van der Waals surface area contributed by atoms with E-state index in [1.807, 2.05) is 61.5 Å². The van der Waals surface area contributed by atoms with Gasteiger partial charge in [-0.05, 0) is 43.4 Å². The van der Waals surface area contributed by atoms with Gasteiger partial charge in [-0.25, -0.2) is 0 Å². The summed E-state index contributed by atoms with van der Waals surface area (Å²) in [5.41, 5.74) is 2.29. The van der Waals surface area contributed by atoms with Gasteiger partial charge in [-0.2, -0.15) is 0 Å². The van der Waals surface area contributed by atoms with Crippen molar-refractivity contribution < 1.29 is 19.4 Å². The highest BCUT2D eigenvalue weighted by atomic mass is 16.7. The van der Waals surface area contributed by atoms with Crippen LogP contribution in [0.1, 0.15) is 36.8 Å². The lowest BCUT2D eigenvalue weighted by molar-refractivity contribution is -0.166. The van der Waals surface area contributed by atoms with Crippen molar-refractivity contribution in [2.75, 3.05) is 19.8 Å². The van der Waals surface area contributed by atoms with Crippen molar-refractivity contribution >= 4 is 5.91 Å². The van der Waals surface area contributed by atoms with Crippen LogP contribution in [0, 0.1) is 5.92 Å². The normalized spacial score (nSPS) is 20.9. The van der Waals surface area contributed by atoms with E-state index in [4.69, 9.17) is 9.47 Å². The SMILES string of the molecule is CCO[C@@H]1OC(C(=O)NCCc2ccccc2)=C[C@H](c2ccccc2)[C@@H]1CCCO. The van der Waals surface area contributed by atoms with Gasteiger partial charge in [0.05, 0.1) is 0 Å². The summed E-state index contributed by atoms with van der Waals surface area (Å²) in [6, 6.07) is 20.2. The van der Waals surface area contributed by atoms with E-state index in [0.29, 0.717) is 25.3 Å². The van der Waals surface area contributed by atoms with Crippen molar-refractivity contribution in [3.05, 3.63) is 83.6 Å². The molecule has 3 atom stereocenters. The number of carbonyl (C=O) groups is 1. The smallest absolute Gasteiger partial charge is 0.286 e. The second-order valence-corrected chi connectivity index (χ2v) is 7.43. The van der Waals surface area contributed by atoms with E-state index in [0.717, 1.165) is 18.4 Å². The number of hydrogen-bond acceptors (Lipinski definition) is 4. The molecule has 2 aromatic rings. The monoisotopic (exact) mass is 409 g/mol. The Morgan fingerprint density at radius 3 is 2.47 bits per heavy atom. The van der Waals surface area contributed by atoms with Crippen LogP contribution in [0.3, 0.4) is 0 Å². The van der Waals surface area contributed by atoms with Crippen molar-refractivity contribution in [3.8, 4) is 0 Å². The quantitative estimate of drug-likeness (QED) is 0.626. The molecule has 1 heterocycles. The zero-order valence-electron chi connectivity index (χ0n) is 17.5. The maximum absolute atomic E-state index is 12.8. The first-order valence-electron chi connectivity index (χ1n) is 10.7. The molecule has 5 nitrogen and oxygen atoms in total. The van der Waals surface area contributed by atoms with Gasteiger partial charge in [-0.15, -0.1) is 0 Å². The fraction of sp³-hybridized carbons (Fsp3) is 0.400. The lowest BCUT2D eigenvalue weighted by atomic mass is 9.80. The zero-order valence-corrected chi connectivity index (χ0v) is 17.5. The van der Waals surface area contributed by atoms with Crippen LogP contribution in [-0.2, 0) is 20.7 Å². The number of aliphatic hydroxyl groups excluding tert-OH is 1. The minimum Gasteiger partial charge on any atom is -0.459 e. The Labute approximate surface area is 178 Å². The van der Waals surface area contributed by atoms with E-state index in [1.165, 1.54) is 5.56 Å². The molecule has 0 saturated carbocycles. The average Bonchev–Trinajstić information content (AvgIpc) is 2.79. The van der Waals surface area contributed by atoms with E-state index in [-0.39, 0.29) is 24.3 Å². The highest BCUT2D eigenvalue weighted by molar-refractivity contribution is 5.91. The molecule has 0 saturated heterocycles. The summed E-state index contributed by atoms with van der Waals surface area (Å²) in [6.45, 7) is 3.06. The van der Waals surface area contributed by atoms with Crippen molar-refractivity contribution in [2.24, 2.45) is 5.92 Å². The molecule has 2 aromatic carbocycles. The number of allylic oxidation sites excluding steroid dienone is 1. The Balaban J connectivity index is 1.76. The molecule has 0 spiro atoms. The fourth-order valence-corrected chi connectivity index (χ4v) is 3.87. The number of rotatable bonds is 10.